The first kappa shape index (κ1) is 17.8. The van der Waals surface area contributed by atoms with Gasteiger partial charge >= 0.3 is 0 Å². The van der Waals surface area contributed by atoms with Crippen LogP contribution in [0.2, 0.25) is 0 Å². The summed E-state index contributed by atoms with van der Waals surface area (Å²) in [4.78, 5) is 8.90. The highest BCUT2D eigenvalue weighted by Crippen LogP contribution is 2.29. The van der Waals surface area contributed by atoms with Gasteiger partial charge in [-0.3, -0.25) is 0 Å². The van der Waals surface area contributed by atoms with Crippen LogP contribution in [-0.2, 0) is 12.3 Å². The summed E-state index contributed by atoms with van der Waals surface area (Å²) in [7, 11) is 0. The molecule has 2 heterocycles. The highest BCUT2D eigenvalue weighted by molar-refractivity contribution is 7.98. The molecule has 0 saturated heterocycles. The Hall–Kier alpha value is -3.25. The normalized spacial score (nSPS) is 11.3. The van der Waals surface area contributed by atoms with Crippen LogP contribution in [0.4, 0.5) is 0 Å². The van der Waals surface area contributed by atoms with Crippen molar-refractivity contribution >= 4 is 33.7 Å². The molecule has 0 aliphatic carbocycles. The molecule has 0 atom stereocenters. The van der Waals surface area contributed by atoms with E-state index >= 15 is 0 Å². The van der Waals surface area contributed by atoms with Crippen LogP contribution in [0, 0.1) is 6.92 Å². The summed E-state index contributed by atoms with van der Waals surface area (Å²) in [5.74, 6) is 0.818. The Bertz CT molecular complexity index is 1290. The molecule has 3 aromatic carbocycles. The lowest BCUT2D eigenvalue weighted by Crippen LogP contribution is -2.03. The van der Waals surface area contributed by atoms with Gasteiger partial charge in [0.1, 0.15) is 11.4 Å². The van der Waals surface area contributed by atoms with Crippen molar-refractivity contribution in [2.75, 3.05) is 0 Å². The Kier molecular flexibility index (Phi) is 4.69. The van der Waals surface area contributed by atoms with E-state index in [1.54, 1.807) is 18.1 Å². The summed E-state index contributed by atoms with van der Waals surface area (Å²) >= 11 is 1.67. The van der Waals surface area contributed by atoms with Crippen LogP contribution < -0.4 is 0 Å². The van der Waals surface area contributed by atoms with E-state index in [9.17, 15) is 0 Å². The van der Waals surface area contributed by atoms with Gasteiger partial charge in [-0.1, -0.05) is 89.3 Å². The van der Waals surface area contributed by atoms with Crippen molar-refractivity contribution in [2.45, 2.75) is 24.2 Å². The highest BCUT2D eigenvalue weighted by atomic mass is 32.2. The van der Waals surface area contributed by atoms with Crippen molar-refractivity contribution in [1.82, 2.24) is 25.0 Å². The highest BCUT2D eigenvalue weighted by Gasteiger charge is 2.13. The second kappa shape index (κ2) is 7.64. The molecule has 0 unspecified atom stereocenters. The number of rotatable bonds is 5. The van der Waals surface area contributed by atoms with Gasteiger partial charge in [0.05, 0.1) is 6.54 Å². The van der Waals surface area contributed by atoms with E-state index < -0.39 is 0 Å². The zero-order chi connectivity index (χ0) is 19.6. The first-order valence-corrected chi connectivity index (χ1v) is 10.5. The third kappa shape index (κ3) is 3.59. The molecule has 5 nitrogen and oxygen atoms in total. The Morgan fingerprint density at radius 3 is 2.62 bits per heavy atom. The van der Waals surface area contributed by atoms with Gasteiger partial charge in [0.25, 0.3) is 0 Å². The molecular weight excluding hydrogens is 378 g/mol. The van der Waals surface area contributed by atoms with Gasteiger partial charge < -0.3 is 0 Å². The molecule has 142 valence electrons. The van der Waals surface area contributed by atoms with Crippen LogP contribution >= 0.6 is 11.8 Å². The third-order valence-corrected chi connectivity index (χ3v) is 5.99. The summed E-state index contributed by atoms with van der Waals surface area (Å²) in [6.07, 6.45) is 1.60. The molecule has 0 bridgehead atoms. The second-order valence-electron chi connectivity index (χ2n) is 7.01. The van der Waals surface area contributed by atoms with Crippen molar-refractivity contribution in [3.63, 3.8) is 0 Å². The number of nitrogens with zero attached hydrogens (tertiary/aromatic N) is 5. The van der Waals surface area contributed by atoms with E-state index in [1.165, 1.54) is 27.5 Å². The number of hydrogen-bond donors (Lipinski definition) is 0. The van der Waals surface area contributed by atoms with Crippen molar-refractivity contribution < 1.29 is 0 Å². The van der Waals surface area contributed by atoms with Gasteiger partial charge in [-0.2, -0.15) is 0 Å². The standard InChI is InChI=1S/C23H19N5S/c1-16-9-11-17(12-10-16)13-28-22-21(26-27-28)23(25-15-24-22)29-14-19-7-4-6-18-5-2-3-8-20(18)19/h2-12,15H,13-14H2,1H3. The number of aryl methyl sites for hydroxylation is 1. The minimum atomic E-state index is 0.640. The lowest BCUT2D eigenvalue weighted by Gasteiger charge is -2.06. The van der Waals surface area contributed by atoms with E-state index in [1.807, 2.05) is 4.68 Å². The minimum Gasteiger partial charge on any atom is -0.227 e. The number of benzene rings is 3. The molecule has 0 amide bonds. The van der Waals surface area contributed by atoms with Gasteiger partial charge in [0, 0.05) is 5.75 Å². The van der Waals surface area contributed by atoms with Gasteiger partial charge in [0.2, 0.25) is 0 Å². The number of hydrogen-bond acceptors (Lipinski definition) is 5. The van der Waals surface area contributed by atoms with E-state index in [2.05, 4.69) is 93.9 Å². The van der Waals surface area contributed by atoms with E-state index in [0.29, 0.717) is 6.54 Å². The number of aromatic nitrogens is 5. The van der Waals surface area contributed by atoms with Crippen LogP contribution in [0.3, 0.4) is 0 Å². The zero-order valence-corrected chi connectivity index (χ0v) is 16.8. The average Bonchev–Trinajstić information content (AvgIpc) is 3.17. The van der Waals surface area contributed by atoms with E-state index in [4.69, 9.17) is 0 Å². The van der Waals surface area contributed by atoms with Gasteiger partial charge in [0.15, 0.2) is 11.2 Å². The van der Waals surface area contributed by atoms with Crippen LogP contribution in [0.15, 0.2) is 78.1 Å². The first-order chi connectivity index (χ1) is 14.3. The lowest BCUT2D eigenvalue weighted by atomic mass is 10.1. The minimum absolute atomic E-state index is 0.640. The van der Waals surface area contributed by atoms with Gasteiger partial charge in [-0.05, 0) is 28.8 Å². The molecule has 0 fully saturated rings. The molecular formula is C23H19N5S. The fraction of sp³-hybridized carbons (Fsp3) is 0.130. The maximum absolute atomic E-state index is 4.47. The quantitative estimate of drug-likeness (QED) is 0.308. The largest absolute Gasteiger partial charge is 0.227 e. The van der Waals surface area contributed by atoms with Gasteiger partial charge in [-0.25, -0.2) is 14.6 Å². The van der Waals surface area contributed by atoms with E-state index in [-0.39, 0.29) is 0 Å². The fourth-order valence-electron chi connectivity index (χ4n) is 3.41. The molecule has 5 aromatic rings. The van der Waals surface area contributed by atoms with Crippen molar-refractivity contribution in [3.8, 4) is 0 Å². The summed E-state index contributed by atoms with van der Waals surface area (Å²) < 4.78 is 1.84. The van der Waals surface area contributed by atoms with Crippen LogP contribution in [-0.4, -0.2) is 25.0 Å². The van der Waals surface area contributed by atoms with Crippen molar-refractivity contribution in [1.29, 1.82) is 0 Å². The molecule has 6 heteroatoms. The van der Waals surface area contributed by atoms with Crippen LogP contribution in [0.25, 0.3) is 21.9 Å². The molecule has 2 aromatic heterocycles. The predicted octanol–water partition coefficient (Wildman–Crippen LogP) is 5.02. The molecule has 0 radical (unpaired) electrons. The summed E-state index contributed by atoms with van der Waals surface area (Å²) in [6, 6.07) is 23.3. The summed E-state index contributed by atoms with van der Waals surface area (Å²) in [5, 5.41) is 12.1. The Morgan fingerprint density at radius 1 is 0.897 bits per heavy atom. The Balaban J connectivity index is 1.42. The Morgan fingerprint density at radius 2 is 1.72 bits per heavy atom. The second-order valence-corrected chi connectivity index (χ2v) is 7.97. The molecule has 5 rings (SSSR count). The topological polar surface area (TPSA) is 56.5 Å². The average molecular weight is 398 g/mol. The van der Waals surface area contributed by atoms with Gasteiger partial charge in [-0.15, -0.1) is 5.10 Å². The Labute approximate surface area is 172 Å². The smallest absolute Gasteiger partial charge is 0.183 e. The molecule has 0 saturated carbocycles. The van der Waals surface area contributed by atoms with Crippen LogP contribution in [0.1, 0.15) is 16.7 Å². The number of fused-ring (bicyclic) bond motifs is 2. The first-order valence-electron chi connectivity index (χ1n) is 9.47. The van der Waals surface area contributed by atoms with Crippen molar-refractivity contribution in [2.24, 2.45) is 0 Å². The SMILES string of the molecule is Cc1ccc(Cn2nnc3c(SCc4cccc5ccccc45)ncnc32)cc1. The maximum atomic E-state index is 4.47. The molecule has 29 heavy (non-hydrogen) atoms. The fourth-order valence-corrected chi connectivity index (χ4v) is 4.35. The van der Waals surface area contributed by atoms with Crippen molar-refractivity contribution in [3.05, 3.63) is 89.7 Å². The van der Waals surface area contributed by atoms with E-state index in [0.717, 1.165) is 21.9 Å². The molecule has 0 spiro atoms. The third-order valence-electron chi connectivity index (χ3n) is 4.96. The summed E-state index contributed by atoms with van der Waals surface area (Å²) in [5.41, 5.74) is 5.22. The maximum Gasteiger partial charge on any atom is 0.183 e. The molecule has 0 aliphatic rings. The monoisotopic (exact) mass is 397 g/mol. The van der Waals surface area contributed by atoms with Crippen LogP contribution in [0.5, 0.6) is 0 Å². The zero-order valence-electron chi connectivity index (χ0n) is 16.0. The number of thioether (sulfide) groups is 1. The predicted molar refractivity (Wildman–Crippen MR) is 117 cm³/mol. The molecule has 0 aliphatic heterocycles. The summed E-state index contributed by atoms with van der Waals surface area (Å²) in [6.45, 7) is 2.72. The molecule has 0 N–H and O–H groups in total. The lowest BCUT2D eigenvalue weighted by molar-refractivity contribution is 0.664.